The number of fused-ring (bicyclic) bond motifs is 4. The van der Waals surface area contributed by atoms with Gasteiger partial charge in [-0.15, -0.1) is 0 Å². The molecule has 242 valence electrons. The topological polar surface area (TPSA) is 341 Å². The van der Waals surface area contributed by atoms with Gasteiger partial charge in [0.1, 0.15) is 36.3 Å². The minimum absolute atomic E-state index is 0.0440. The molecule has 2 unspecified atom stereocenters. The van der Waals surface area contributed by atoms with E-state index in [0.717, 1.165) is 17.2 Å². The minimum atomic E-state index is -5.04. The highest BCUT2D eigenvalue weighted by Gasteiger charge is 2.50. The molecule has 23 nitrogen and oxygen atoms in total. The van der Waals surface area contributed by atoms with E-state index in [1.54, 1.807) is 0 Å². The molecule has 9 N–H and O–H groups in total. The molecule has 3 aliphatic rings. The molecule has 0 spiro atoms. The van der Waals surface area contributed by atoms with E-state index in [-0.39, 0.29) is 34.1 Å². The average Bonchev–Trinajstić information content (AvgIpc) is 3.72. The van der Waals surface area contributed by atoms with Gasteiger partial charge in [0.2, 0.25) is 21.4 Å². The summed E-state index contributed by atoms with van der Waals surface area (Å²) in [5, 5.41) is 26.7. The third-order valence-corrected chi connectivity index (χ3v) is 9.77. The summed E-state index contributed by atoms with van der Waals surface area (Å²) in [5.41, 5.74) is 10.9. The summed E-state index contributed by atoms with van der Waals surface area (Å²) < 4.78 is 50.5. The molecular weight excluding hydrogens is 646 g/mol. The summed E-state index contributed by atoms with van der Waals surface area (Å²) in [7, 11) is -10.1. The number of aromatic nitrogens is 8. The fourth-order valence-corrected chi connectivity index (χ4v) is 7.72. The second kappa shape index (κ2) is 10.8. The van der Waals surface area contributed by atoms with E-state index in [2.05, 4.69) is 40.1 Å². The number of aliphatic hydroxyl groups is 2. The largest absolute Gasteiger partial charge is 0.766 e. The zero-order valence-corrected chi connectivity index (χ0v) is 24.3. The maximum atomic E-state index is 13.1. The first-order valence-electron chi connectivity index (χ1n) is 13.1. The van der Waals surface area contributed by atoms with E-state index in [4.69, 9.17) is 30.0 Å². The number of nitrogens with zero attached hydrogens (tertiary/aromatic N) is 7. The van der Waals surface area contributed by atoms with Gasteiger partial charge in [-0.3, -0.25) is 28.0 Å². The van der Waals surface area contributed by atoms with E-state index in [1.807, 2.05) is 0 Å². The molecule has 3 aliphatic heterocycles. The number of anilines is 2. The van der Waals surface area contributed by atoms with Gasteiger partial charge in [0.25, 0.3) is 5.56 Å². The summed E-state index contributed by atoms with van der Waals surface area (Å²) in [6.45, 7) is -1.58. The fraction of sp³-hybridized carbons (Fsp3) is 0.500. The first-order valence-corrected chi connectivity index (χ1v) is 16.2. The van der Waals surface area contributed by atoms with Gasteiger partial charge >= 0.3 is 0 Å². The highest BCUT2D eigenvalue weighted by molar-refractivity contribution is 7.49. The van der Waals surface area contributed by atoms with Gasteiger partial charge in [-0.1, -0.05) is 0 Å². The van der Waals surface area contributed by atoms with Crippen LogP contribution in [-0.4, -0.2) is 99.0 Å². The molecule has 45 heavy (non-hydrogen) atoms. The Balaban J connectivity index is 1.17. The second-order valence-electron chi connectivity index (χ2n) is 10.4. The molecular formula is C20H24N12O11P2-2. The van der Waals surface area contributed by atoms with Crippen molar-refractivity contribution in [2.24, 2.45) is 0 Å². The maximum absolute atomic E-state index is 13.1. The molecule has 0 amide bonds. The summed E-state index contributed by atoms with van der Waals surface area (Å²) in [5.74, 6) is -0.219. The lowest BCUT2D eigenvalue weighted by atomic mass is 10.1. The summed E-state index contributed by atoms with van der Waals surface area (Å²) in [4.78, 5) is 60.6. The molecule has 3 saturated heterocycles. The SMILES string of the molecule is Nc1nc2c(ncn2[C@@H]2O[C@@H]3COP(=O)([O-])N[C@H]4[C@@H](O)[C@H](n5cnc6c(N)ncnc65)O[C@@H]4COP(=O)([O-])N[C@H]3[C@H]2O)c(=O)[nH]1. The zero-order valence-electron chi connectivity index (χ0n) is 22.5. The van der Waals surface area contributed by atoms with Gasteiger partial charge < -0.3 is 50.0 Å². The van der Waals surface area contributed by atoms with Crippen molar-refractivity contribution in [2.75, 3.05) is 24.7 Å². The van der Waals surface area contributed by atoms with E-state index in [9.17, 15) is 33.9 Å². The van der Waals surface area contributed by atoms with Crippen LogP contribution in [0.3, 0.4) is 0 Å². The number of hydrogen-bond donors (Lipinski definition) is 7. The van der Waals surface area contributed by atoms with Crippen LogP contribution in [-0.2, 0) is 27.7 Å². The first kappa shape index (κ1) is 30.2. The number of nitrogens with two attached hydrogens (primary N) is 2. The number of H-pyrrole nitrogens is 1. The number of imidazole rings is 2. The Kier molecular flexibility index (Phi) is 7.27. The number of nitrogen functional groups attached to an aromatic ring is 2. The van der Waals surface area contributed by atoms with E-state index in [0.29, 0.717) is 0 Å². The highest BCUT2D eigenvalue weighted by Crippen LogP contribution is 2.45. The van der Waals surface area contributed by atoms with Crippen molar-refractivity contribution in [3.63, 3.8) is 0 Å². The van der Waals surface area contributed by atoms with Crippen molar-refractivity contribution >= 4 is 49.6 Å². The number of rotatable bonds is 2. The summed E-state index contributed by atoms with van der Waals surface area (Å²) >= 11 is 0. The van der Waals surface area contributed by atoms with Crippen molar-refractivity contribution in [1.29, 1.82) is 0 Å². The Morgan fingerprint density at radius 2 is 1.38 bits per heavy atom. The molecule has 0 aliphatic carbocycles. The molecule has 25 heteroatoms. The van der Waals surface area contributed by atoms with E-state index in [1.165, 1.54) is 10.9 Å². The van der Waals surface area contributed by atoms with Crippen molar-refractivity contribution in [3.05, 3.63) is 29.3 Å². The monoisotopic (exact) mass is 670 g/mol. The van der Waals surface area contributed by atoms with E-state index >= 15 is 0 Å². The Bertz CT molecular complexity index is 1940. The normalized spacial score (nSPS) is 37.7. The number of nitrogens with one attached hydrogen (secondary N) is 3. The van der Waals surface area contributed by atoms with Crippen molar-refractivity contribution in [3.8, 4) is 0 Å². The van der Waals surface area contributed by atoms with Crippen LogP contribution in [0.5, 0.6) is 0 Å². The van der Waals surface area contributed by atoms with Gasteiger partial charge in [-0.25, -0.2) is 30.1 Å². The van der Waals surface area contributed by atoms with Crippen LogP contribution in [0, 0.1) is 0 Å². The Hall–Kier alpha value is -3.44. The van der Waals surface area contributed by atoms with Gasteiger partial charge in [0.15, 0.2) is 35.1 Å². The number of ether oxygens (including phenoxy) is 2. The Morgan fingerprint density at radius 1 is 0.844 bits per heavy atom. The third kappa shape index (κ3) is 5.31. The van der Waals surface area contributed by atoms with Crippen LogP contribution in [0.2, 0.25) is 0 Å². The van der Waals surface area contributed by atoms with Gasteiger partial charge in [-0.05, 0) is 0 Å². The van der Waals surface area contributed by atoms with Crippen LogP contribution in [0.15, 0.2) is 23.8 Å². The number of aromatic amines is 1. The molecule has 3 fully saturated rings. The highest BCUT2D eigenvalue weighted by atomic mass is 31.2. The number of aliphatic hydroxyl groups excluding tert-OH is 2. The molecule has 0 saturated carbocycles. The lowest BCUT2D eigenvalue weighted by Gasteiger charge is -2.36. The quantitative estimate of drug-likeness (QED) is 0.0988. The minimum Gasteiger partial charge on any atom is -0.766 e. The van der Waals surface area contributed by atoms with Crippen LogP contribution in [0.4, 0.5) is 11.8 Å². The lowest BCUT2D eigenvalue weighted by Crippen LogP contribution is -2.50. The van der Waals surface area contributed by atoms with Crippen LogP contribution in [0.25, 0.3) is 22.3 Å². The maximum Gasteiger partial charge on any atom is 0.280 e. The van der Waals surface area contributed by atoms with Crippen molar-refractivity contribution < 1.29 is 47.7 Å². The van der Waals surface area contributed by atoms with Gasteiger partial charge in [-0.2, -0.15) is 4.98 Å². The molecule has 0 bridgehead atoms. The predicted octanol–water partition coefficient (Wildman–Crippen LogP) is -4.46. The molecule has 10 atom stereocenters. The molecule has 4 aromatic heterocycles. The van der Waals surface area contributed by atoms with Crippen LogP contribution in [0.1, 0.15) is 12.5 Å². The molecule has 7 heterocycles. The Morgan fingerprint density at radius 3 is 1.96 bits per heavy atom. The fourth-order valence-electron chi connectivity index (χ4n) is 5.52. The smallest absolute Gasteiger partial charge is 0.280 e. The summed E-state index contributed by atoms with van der Waals surface area (Å²) in [6, 6.07) is -2.99. The zero-order chi connectivity index (χ0) is 31.8. The predicted molar refractivity (Wildman–Crippen MR) is 143 cm³/mol. The second-order valence-corrected chi connectivity index (χ2v) is 13.4. The number of hydrogen-bond acceptors (Lipinski definition) is 18. The van der Waals surface area contributed by atoms with Crippen molar-refractivity contribution in [1.82, 2.24) is 49.2 Å². The molecule has 0 radical (unpaired) electrons. The summed E-state index contributed by atoms with van der Waals surface area (Å²) in [6.07, 6.45) is -5.36. The van der Waals surface area contributed by atoms with E-state index < -0.39 is 83.2 Å². The van der Waals surface area contributed by atoms with Crippen LogP contribution < -0.4 is 37.0 Å². The van der Waals surface area contributed by atoms with Crippen LogP contribution >= 0.6 is 15.5 Å². The van der Waals surface area contributed by atoms with Crippen molar-refractivity contribution in [2.45, 2.75) is 49.0 Å². The average molecular weight is 670 g/mol. The third-order valence-electron chi connectivity index (χ3n) is 7.57. The lowest BCUT2D eigenvalue weighted by molar-refractivity contribution is -0.209. The standard InChI is InChI=1S/C20H26N12O11P2/c21-14-10-15(24-3-23-14)31(4-25-10)18-12(33)8-6(42-18)1-40-45(38,39)30-9-7(2-41-44(36,37)29-8)43-19(13(9)34)32-5-26-11-16(32)27-20(22)28-17(11)35/h3-9,12-13,18-19,33-34H,1-2H2,(H2,21,23,24)(H2,29,36,37)(H2,30,38,39)(H3,22,27,28,35)/p-2/t6-,7-,8-,9-,12-,13-,18-,19-/m1/s1. The van der Waals surface area contributed by atoms with Gasteiger partial charge in [0.05, 0.1) is 38.0 Å². The molecule has 0 aromatic carbocycles. The Labute approximate surface area is 249 Å². The van der Waals surface area contributed by atoms with Gasteiger partial charge in [0, 0.05) is 0 Å². The first-order chi connectivity index (χ1) is 21.3. The molecule has 7 rings (SSSR count). The molecule has 4 aromatic rings.